The quantitative estimate of drug-likeness (QED) is 0.419. The molecule has 0 atom stereocenters. The van der Waals surface area contributed by atoms with Crippen molar-refractivity contribution in [3.63, 3.8) is 0 Å². The molecule has 9 nitrogen and oxygen atoms in total. The minimum Gasteiger partial charge on any atom is -0.497 e. The van der Waals surface area contributed by atoms with Crippen molar-refractivity contribution in [1.82, 2.24) is 9.78 Å². The Bertz CT molecular complexity index is 1450. The van der Waals surface area contributed by atoms with Gasteiger partial charge in [-0.3, -0.25) is 4.79 Å². The molecule has 0 aliphatic carbocycles. The molecule has 3 aromatic carbocycles. The summed E-state index contributed by atoms with van der Waals surface area (Å²) in [4.78, 5) is 13.1. The Morgan fingerprint density at radius 3 is 2.41 bits per heavy atom. The molecule has 0 aliphatic heterocycles. The van der Waals surface area contributed by atoms with E-state index in [1.165, 1.54) is 25.3 Å². The van der Waals surface area contributed by atoms with E-state index in [1.807, 2.05) is 36.4 Å². The maximum Gasteiger partial charge on any atom is 0.259 e. The van der Waals surface area contributed by atoms with Crippen molar-refractivity contribution in [2.45, 2.75) is 4.90 Å². The summed E-state index contributed by atoms with van der Waals surface area (Å²) in [6, 6.07) is 20.8. The Morgan fingerprint density at radius 1 is 0.971 bits per heavy atom. The van der Waals surface area contributed by atoms with E-state index in [4.69, 9.17) is 14.6 Å². The van der Waals surface area contributed by atoms with Gasteiger partial charge in [-0.15, -0.1) is 0 Å². The van der Waals surface area contributed by atoms with Crippen LogP contribution in [0.2, 0.25) is 0 Å². The van der Waals surface area contributed by atoms with Crippen molar-refractivity contribution in [2.75, 3.05) is 19.5 Å². The van der Waals surface area contributed by atoms with Gasteiger partial charge in [0.05, 0.1) is 25.5 Å². The summed E-state index contributed by atoms with van der Waals surface area (Å²) >= 11 is 0. The molecule has 0 fully saturated rings. The summed E-state index contributed by atoms with van der Waals surface area (Å²) in [6.07, 6.45) is 1.61. The Hall–Kier alpha value is -4.15. The van der Waals surface area contributed by atoms with Gasteiger partial charge in [0.2, 0.25) is 10.0 Å². The number of nitrogens with one attached hydrogen (secondary N) is 1. The van der Waals surface area contributed by atoms with Crippen LogP contribution in [-0.4, -0.2) is 38.3 Å². The minimum atomic E-state index is -4.07. The molecular formula is C24H22N4O5S. The van der Waals surface area contributed by atoms with Gasteiger partial charge in [-0.1, -0.05) is 30.3 Å². The number of amides is 1. The Balaban J connectivity index is 1.77. The van der Waals surface area contributed by atoms with Crippen LogP contribution in [0.5, 0.6) is 11.5 Å². The van der Waals surface area contributed by atoms with Crippen LogP contribution in [0.4, 0.5) is 5.69 Å². The van der Waals surface area contributed by atoms with Crippen LogP contribution in [0.3, 0.4) is 0 Å². The number of nitrogens with two attached hydrogens (primary N) is 1. The number of sulfonamides is 1. The summed E-state index contributed by atoms with van der Waals surface area (Å²) in [5.74, 6) is 0.214. The van der Waals surface area contributed by atoms with E-state index in [0.29, 0.717) is 17.0 Å². The largest absolute Gasteiger partial charge is 0.497 e. The summed E-state index contributed by atoms with van der Waals surface area (Å²) < 4.78 is 35.9. The van der Waals surface area contributed by atoms with Crippen molar-refractivity contribution < 1.29 is 22.7 Å². The maximum absolute atomic E-state index is 13.3. The molecule has 0 bridgehead atoms. The zero-order chi connectivity index (χ0) is 24.3. The number of hydrogen-bond donors (Lipinski definition) is 2. The Morgan fingerprint density at radius 2 is 1.74 bits per heavy atom. The van der Waals surface area contributed by atoms with Crippen LogP contribution in [0, 0.1) is 0 Å². The molecule has 0 saturated heterocycles. The van der Waals surface area contributed by atoms with Gasteiger partial charge in [0.1, 0.15) is 22.1 Å². The molecule has 34 heavy (non-hydrogen) atoms. The fraction of sp³-hybridized carbons (Fsp3) is 0.0833. The highest BCUT2D eigenvalue weighted by Crippen LogP contribution is 2.29. The average Bonchev–Trinajstić information content (AvgIpc) is 3.30. The summed E-state index contributed by atoms with van der Waals surface area (Å²) in [5.41, 5.74) is 2.40. The molecule has 4 rings (SSSR count). The van der Waals surface area contributed by atoms with Crippen LogP contribution in [0.15, 0.2) is 83.9 Å². The molecule has 0 aliphatic rings. The number of para-hydroxylation sites is 1. The molecule has 174 valence electrons. The average molecular weight is 479 g/mol. The number of ether oxygens (including phenoxy) is 2. The lowest BCUT2D eigenvalue weighted by atomic mass is 10.1. The first-order valence-corrected chi connectivity index (χ1v) is 11.7. The highest BCUT2D eigenvalue weighted by Gasteiger charge is 2.21. The van der Waals surface area contributed by atoms with Crippen molar-refractivity contribution in [3.8, 4) is 28.4 Å². The SMILES string of the molecule is COc1cccc(-c2nn(-c3ccccc3)cc2C(=O)Nc2ccc(OC)c(S(N)(=O)=O)c2)c1. The molecule has 0 unspecified atom stereocenters. The first kappa shape index (κ1) is 23.0. The summed E-state index contributed by atoms with van der Waals surface area (Å²) in [6.45, 7) is 0. The number of aromatic nitrogens is 2. The highest BCUT2D eigenvalue weighted by atomic mass is 32.2. The lowest BCUT2D eigenvalue weighted by molar-refractivity contribution is 0.102. The van der Waals surface area contributed by atoms with E-state index >= 15 is 0 Å². The van der Waals surface area contributed by atoms with Crippen molar-refractivity contribution in [3.05, 3.63) is 84.6 Å². The predicted molar refractivity (Wildman–Crippen MR) is 128 cm³/mol. The normalized spacial score (nSPS) is 11.1. The van der Waals surface area contributed by atoms with Crippen molar-refractivity contribution >= 4 is 21.6 Å². The molecule has 1 aromatic heterocycles. The third-order valence-electron chi connectivity index (χ3n) is 5.05. The standard InChI is InChI=1S/C24H22N4O5S/c1-32-19-10-6-7-16(13-19)23-20(15-28(27-23)18-8-4-3-5-9-18)24(29)26-17-11-12-21(33-2)22(14-17)34(25,30)31/h3-15H,1-2H3,(H,26,29)(H2,25,30,31). The summed E-state index contributed by atoms with van der Waals surface area (Å²) in [7, 11) is -1.17. The van der Waals surface area contributed by atoms with Gasteiger partial charge in [-0.05, 0) is 42.5 Å². The third kappa shape index (κ3) is 4.77. The van der Waals surface area contributed by atoms with Gasteiger partial charge in [0, 0.05) is 17.4 Å². The van der Waals surface area contributed by atoms with Crippen LogP contribution in [0.1, 0.15) is 10.4 Å². The van der Waals surface area contributed by atoms with E-state index in [-0.39, 0.29) is 21.9 Å². The van der Waals surface area contributed by atoms with Gasteiger partial charge in [0.15, 0.2) is 0 Å². The smallest absolute Gasteiger partial charge is 0.259 e. The van der Waals surface area contributed by atoms with E-state index < -0.39 is 15.9 Å². The maximum atomic E-state index is 13.3. The molecule has 0 saturated carbocycles. The second-order valence-corrected chi connectivity index (χ2v) is 8.80. The third-order valence-corrected chi connectivity index (χ3v) is 5.98. The second-order valence-electron chi connectivity index (χ2n) is 7.27. The molecule has 0 spiro atoms. The monoisotopic (exact) mass is 478 g/mol. The minimum absolute atomic E-state index is 0.0782. The van der Waals surface area contributed by atoms with Crippen molar-refractivity contribution in [2.24, 2.45) is 5.14 Å². The topological polar surface area (TPSA) is 126 Å². The van der Waals surface area contributed by atoms with E-state index in [0.717, 1.165) is 5.69 Å². The van der Waals surface area contributed by atoms with Gasteiger partial charge in [-0.2, -0.15) is 5.10 Å². The number of methoxy groups -OCH3 is 2. The van der Waals surface area contributed by atoms with Gasteiger partial charge in [0.25, 0.3) is 5.91 Å². The molecule has 4 aromatic rings. The zero-order valence-corrected chi connectivity index (χ0v) is 19.2. The predicted octanol–water partition coefficient (Wildman–Crippen LogP) is 3.46. The number of nitrogens with zero attached hydrogens (tertiary/aromatic N) is 2. The molecule has 3 N–H and O–H groups in total. The number of carbonyl (C=O) groups is 1. The zero-order valence-electron chi connectivity index (χ0n) is 18.4. The lowest BCUT2D eigenvalue weighted by Gasteiger charge is -2.10. The number of benzene rings is 3. The number of rotatable bonds is 7. The number of carbonyl (C=O) groups excluding carboxylic acids is 1. The van der Waals surface area contributed by atoms with E-state index in [9.17, 15) is 13.2 Å². The number of anilines is 1. The highest BCUT2D eigenvalue weighted by molar-refractivity contribution is 7.89. The molecular weight excluding hydrogens is 456 g/mol. The fourth-order valence-corrected chi connectivity index (χ4v) is 4.13. The van der Waals surface area contributed by atoms with Crippen LogP contribution in [0.25, 0.3) is 16.9 Å². The van der Waals surface area contributed by atoms with Crippen LogP contribution >= 0.6 is 0 Å². The number of hydrogen-bond acceptors (Lipinski definition) is 6. The van der Waals surface area contributed by atoms with Gasteiger partial charge in [-0.25, -0.2) is 18.2 Å². The lowest BCUT2D eigenvalue weighted by Crippen LogP contribution is -2.16. The molecule has 1 amide bonds. The molecule has 10 heteroatoms. The van der Waals surface area contributed by atoms with E-state index in [2.05, 4.69) is 10.4 Å². The van der Waals surface area contributed by atoms with Crippen LogP contribution in [-0.2, 0) is 10.0 Å². The molecule has 0 radical (unpaired) electrons. The first-order chi connectivity index (χ1) is 16.3. The van der Waals surface area contributed by atoms with Crippen LogP contribution < -0.4 is 19.9 Å². The molecule has 1 heterocycles. The van der Waals surface area contributed by atoms with Gasteiger partial charge < -0.3 is 14.8 Å². The van der Waals surface area contributed by atoms with E-state index in [1.54, 1.807) is 36.2 Å². The van der Waals surface area contributed by atoms with Crippen molar-refractivity contribution in [1.29, 1.82) is 0 Å². The fourth-order valence-electron chi connectivity index (χ4n) is 3.41. The first-order valence-electron chi connectivity index (χ1n) is 10.1. The summed E-state index contributed by atoms with van der Waals surface area (Å²) in [5, 5.41) is 12.7. The number of primary sulfonamides is 1. The Labute approximate surface area is 196 Å². The van der Waals surface area contributed by atoms with Gasteiger partial charge >= 0.3 is 0 Å². The second kappa shape index (κ2) is 9.38. The Kier molecular flexibility index (Phi) is 6.35.